The summed E-state index contributed by atoms with van der Waals surface area (Å²) < 4.78 is 24.1. The van der Waals surface area contributed by atoms with Crippen molar-refractivity contribution in [3.05, 3.63) is 0 Å². The van der Waals surface area contributed by atoms with Crippen LogP contribution in [0.1, 0.15) is 194 Å². The van der Waals surface area contributed by atoms with Gasteiger partial charge in [0.2, 0.25) is 0 Å². The average Bonchev–Trinajstić information content (AvgIpc) is 3.13. The number of carbonyl (C=O) groups is 2. The molecule has 292 valence electrons. The van der Waals surface area contributed by atoms with E-state index in [-0.39, 0.29) is 29.1 Å². The van der Waals surface area contributed by atoms with Gasteiger partial charge in [0.1, 0.15) is 0 Å². The van der Waals surface area contributed by atoms with Crippen LogP contribution in [-0.2, 0) is 28.5 Å². The van der Waals surface area contributed by atoms with Gasteiger partial charge in [-0.05, 0) is 120 Å². The Hall–Kier alpha value is -1.18. The van der Waals surface area contributed by atoms with Crippen LogP contribution in [0.5, 0.6) is 0 Å². The molecule has 1 heterocycles. The van der Waals surface area contributed by atoms with E-state index in [4.69, 9.17) is 18.9 Å². The first-order valence-corrected chi connectivity index (χ1v) is 21.7. The molecule has 4 rings (SSSR count). The van der Waals surface area contributed by atoms with E-state index in [2.05, 4.69) is 25.7 Å². The third-order valence-corrected chi connectivity index (χ3v) is 12.5. The molecule has 0 N–H and O–H groups in total. The van der Waals surface area contributed by atoms with E-state index in [9.17, 15) is 9.59 Å². The average molecular weight is 706 g/mol. The number of fused-ring (bicyclic) bond motifs is 3. The predicted octanol–water partition coefficient (Wildman–Crippen LogP) is 11.0. The van der Waals surface area contributed by atoms with Crippen molar-refractivity contribution in [2.75, 3.05) is 46.1 Å². The summed E-state index contributed by atoms with van der Waals surface area (Å²) in [6, 6.07) is 0. The van der Waals surface area contributed by atoms with Crippen molar-refractivity contribution in [2.24, 2.45) is 16.7 Å². The maximum atomic E-state index is 13.0. The second-order valence-corrected chi connectivity index (χ2v) is 16.5. The van der Waals surface area contributed by atoms with Gasteiger partial charge in [-0.2, -0.15) is 0 Å². The van der Waals surface area contributed by atoms with Crippen LogP contribution in [0.25, 0.3) is 0 Å². The summed E-state index contributed by atoms with van der Waals surface area (Å²) in [5.41, 5.74) is 0.257. The third-order valence-electron chi connectivity index (χ3n) is 12.5. The summed E-state index contributed by atoms with van der Waals surface area (Å²) in [6.45, 7) is 12.3. The van der Waals surface area contributed by atoms with Gasteiger partial charge in [-0.15, -0.1) is 0 Å². The van der Waals surface area contributed by atoms with E-state index in [0.717, 1.165) is 64.1 Å². The maximum Gasteiger partial charge on any atom is 0.306 e. The first kappa shape index (κ1) is 43.2. The molecule has 0 amide bonds. The summed E-state index contributed by atoms with van der Waals surface area (Å²) in [7, 11) is 0. The lowest BCUT2D eigenvalue weighted by atomic mass is 9.59. The molecule has 1 aliphatic heterocycles. The number of unbranched alkanes of at least 4 members (excludes halogenated alkanes) is 11. The van der Waals surface area contributed by atoms with Gasteiger partial charge in [-0.25, -0.2) is 0 Å². The SMILES string of the molecule is CCCCCCCCOC(CCC(=O)OCCC1(CCOC(=O)CC23CCC(CC2)CC3)CCN(CCCC)CC1)OCCCCCCCC. The zero-order valence-electron chi connectivity index (χ0n) is 33.1. The first-order valence-electron chi connectivity index (χ1n) is 21.7. The zero-order valence-corrected chi connectivity index (χ0v) is 33.1. The largest absolute Gasteiger partial charge is 0.466 e. The fourth-order valence-corrected chi connectivity index (χ4v) is 8.70. The highest BCUT2D eigenvalue weighted by atomic mass is 16.7. The number of esters is 2. The van der Waals surface area contributed by atoms with E-state index in [1.165, 1.54) is 116 Å². The van der Waals surface area contributed by atoms with Crippen LogP contribution in [0.3, 0.4) is 0 Å². The van der Waals surface area contributed by atoms with Gasteiger partial charge in [-0.3, -0.25) is 9.59 Å². The van der Waals surface area contributed by atoms with Crippen LogP contribution in [0.2, 0.25) is 0 Å². The number of carbonyl (C=O) groups excluding carboxylic acids is 2. The monoisotopic (exact) mass is 706 g/mol. The fraction of sp³-hybridized carbons (Fsp3) is 0.953. The molecule has 0 unspecified atom stereocenters. The molecule has 0 radical (unpaired) electrons. The van der Waals surface area contributed by atoms with E-state index >= 15 is 0 Å². The van der Waals surface area contributed by atoms with Crippen LogP contribution in [0, 0.1) is 16.7 Å². The van der Waals surface area contributed by atoms with Gasteiger partial charge in [0.15, 0.2) is 6.29 Å². The van der Waals surface area contributed by atoms with Gasteiger partial charge in [-0.1, -0.05) is 91.4 Å². The van der Waals surface area contributed by atoms with Crippen LogP contribution in [-0.4, -0.2) is 69.2 Å². The Bertz CT molecular complexity index is 847. The number of nitrogens with zero attached hydrogens (tertiary/aromatic N) is 1. The summed E-state index contributed by atoms with van der Waals surface area (Å²) in [6.07, 6.45) is 29.6. The molecule has 3 saturated carbocycles. The Morgan fingerprint density at radius 2 is 1.12 bits per heavy atom. The minimum atomic E-state index is -0.342. The smallest absolute Gasteiger partial charge is 0.306 e. The standard InChI is InChI=1S/C43H79NO6/c1-4-7-10-12-14-16-33-49-41(50-34-17-15-13-11-8-5-2)19-18-39(45)47-35-28-42(26-31-44(32-27-42)30-9-6-3)29-36-48-40(46)37-43-23-20-38(21-24-43)22-25-43/h38,41H,4-37H2,1-3H3. The molecule has 0 spiro atoms. The molecule has 7 heteroatoms. The number of likely N-dealkylation sites (tertiary alicyclic amines) is 1. The molecule has 7 nitrogen and oxygen atoms in total. The Balaban J connectivity index is 1.41. The molecule has 0 aromatic carbocycles. The van der Waals surface area contributed by atoms with E-state index in [0.29, 0.717) is 45.7 Å². The summed E-state index contributed by atoms with van der Waals surface area (Å²) in [5, 5.41) is 0. The van der Waals surface area contributed by atoms with Crippen molar-refractivity contribution in [1.82, 2.24) is 4.90 Å². The lowest BCUT2D eigenvalue weighted by molar-refractivity contribution is -0.160. The minimum absolute atomic E-state index is 0.000660. The van der Waals surface area contributed by atoms with E-state index in [1.807, 2.05) is 0 Å². The van der Waals surface area contributed by atoms with Crippen LogP contribution < -0.4 is 0 Å². The molecule has 4 aliphatic rings. The molecule has 50 heavy (non-hydrogen) atoms. The van der Waals surface area contributed by atoms with Gasteiger partial charge in [0.25, 0.3) is 0 Å². The van der Waals surface area contributed by atoms with Crippen molar-refractivity contribution in [2.45, 2.75) is 200 Å². The molecular formula is C43H79NO6. The van der Waals surface area contributed by atoms with Crippen LogP contribution in [0.4, 0.5) is 0 Å². The Kier molecular flexibility index (Phi) is 22.3. The van der Waals surface area contributed by atoms with Crippen molar-refractivity contribution < 1.29 is 28.5 Å². The second kappa shape index (κ2) is 25.7. The van der Waals surface area contributed by atoms with Crippen LogP contribution in [0.15, 0.2) is 0 Å². The van der Waals surface area contributed by atoms with Gasteiger partial charge in [0, 0.05) is 19.6 Å². The minimum Gasteiger partial charge on any atom is -0.466 e. The molecule has 1 saturated heterocycles. The molecule has 0 aromatic heterocycles. The maximum absolute atomic E-state index is 13.0. The Morgan fingerprint density at radius 1 is 0.620 bits per heavy atom. The zero-order chi connectivity index (χ0) is 35.8. The fourth-order valence-electron chi connectivity index (χ4n) is 8.70. The number of hydrogen-bond donors (Lipinski definition) is 0. The quantitative estimate of drug-likeness (QED) is 0.0418. The van der Waals surface area contributed by atoms with Crippen LogP contribution >= 0.6 is 0 Å². The predicted molar refractivity (Wildman–Crippen MR) is 204 cm³/mol. The molecular weight excluding hydrogens is 626 g/mol. The molecule has 4 fully saturated rings. The van der Waals surface area contributed by atoms with Crippen molar-refractivity contribution in [1.29, 1.82) is 0 Å². The van der Waals surface area contributed by atoms with Crippen molar-refractivity contribution >= 4 is 11.9 Å². The van der Waals surface area contributed by atoms with Gasteiger partial charge < -0.3 is 23.8 Å². The topological polar surface area (TPSA) is 74.3 Å². The van der Waals surface area contributed by atoms with Crippen molar-refractivity contribution in [3.63, 3.8) is 0 Å². The van der Waals surface area contributed by atoms with Crippen molar-refractivity contribution in [3.8, 4) is 0 Å². The molecule has 3 aliphatic carbocycles. The molecule has 0 atom stereocenters. The highest BCUT2D eigenvalue weighted by Gasteiger charge is 2.42. The molecule has 2 bridgehead atoms. The lowest BCUT2D eigenvalue weighted by Gasteiger charge is -2.46. The third kappa shape index (κ3) is 17.6. The summed E-state index contributed by atoms with van der Waals surface area (Å²) >= 11 is 0. The number of piperidine rings is 1. The lowest BCUT2D eigenvalue weighted by Crippen LogP contribution is -2.42. The number of rotatable bonds is 30. The Labute approximate surface area is 308 Å². The summed E-state index contributed by atoms with van der Waals surface area (Å²) in [5.74, 6) is 0.738. The van der Waals surface area contributed by atoms with Gasteiger partial charge >= 0.3 is 11.9 Å². The second-order valence-electron chi connectivity index (χ2n) is 16.5. The van der Waals surface area contributed by atoms with Gasteiger partial charge in [0.05, 0.1) is 26.1 Å². The normalized spacial score (nSPS) is 21.9. The highest BCUT2D eigenvalue weighted by molar-refractivity contribution is 5.70. The number of hydrogen-bond acceptors (Lipinski definition) is 7. The molecule has 0 aromatic rings. The van der Waals surface area contributed by atoms with E-state index < -0.39 is 0 Å². The Morgan fingerprint density at radius 3 is 1.66 bits per heavy atom. The summed E-state index contributed by atoms with van der Waals surface area (Å²) in [4.78, 5) is 28.5. The number of ether oxygens (including phenoxy) is 4. The van der Waals surface area contributed by atoms with E-state index in [1.54, 1.807) is 0 Å². The first-order chi connectivity index (χ1) is 24.4. The highest BCUT2D eigenvalue weighted by Crippen LogP contribution is 2.52.